The molecule has 136 valence electrons. The van der Waals surface area contributed by atoms with Gasteiger partial charge in [-0.1, -0.05) is 0 Å². The molecule has 0 aromatic carbocycles. The quantitative estimate of drug-likeness (QED) is 0.818. The van der Waals surface area contributed by atoms with Crippen LogP contribution in [0.2, 0.25) is 0 Å². The van der Waals surface area contributed by atoms with Crippen molar-refractivity contribution in [3.63, 3.8) is 0 Å². The second kappa shape index (κ2) is 8.63. The molecule has 1 unspecified atom stereocenters. The minimum atomic E-state index is 0.115. The Labute approximate surface area is 153 Å². The van der Waals surface area contributed by atoms with E-state index in [2.05, 4.69) is 22.1 Å². The van der Waals surface area contributed by atoms with Crippen LogP contribution in [-0.4, -0.2) is 28.9 Å². The number of carbonyl (C=O) groups is 1. The summed E-state index contributed by atoms with van der Waals surface area (Å²) in [5.41, 5.74) is 0. The van der Waals surface area contributed by atoms with E-state index in [1.165, 1.54) is 17.7 Å². The number of amides is 1. The summed E-state index contributed by atoms with van der Waals surface area (Å²) in [5, 5.41) is 4.08. The van der Waals surface area contributed by atoms with Crippen molar-refractivity contribution >= 4 is 17.2 Å². The molecule has 25 heavy (non-hydrogen) atoms. The first-order valence-electron chi connectivity index (χ1n) is 9.04. The predicted molar refractivity (Wildman–Crippen MR) is 99.4 cm³/mol. The number of carbonyl (C=O) groups excluding carboxylic acids is 1. The van der Waals surface area contributed by atoms with E-state index < -0.39 is 0 Å². The number of nitrogens with zero attached hydrogens (tertiary/aromatic N) is 2. The summed E-state index contributed by atoms with van der Waals surface area (Å²) in [6.07, 6.45) is 5.99. The third-order valence-corrected chi connectivity index (χ3v) is 5.58. The molecule has 0 saturated carbocycles. The summed E-state index contributed by atoms with van der Waals surface area (Å²) in [7, 11) is 0. The number of nitrogens with one attached hydrogen (secondary N) is 1. The van der Waals surface area contributed by atoms with Crippen molar-refractivity contribution in [2.45, 2.75) is 52.6 Å². The van der Waals surface area contributed by atoms with Crippen LogP contribution in [0.3, 0.4) is 0 Å². The molecule has 1 amide bonds. The first-order chi connectivity index (χ1) is 12.1. The first-order valence-corrected chi connectivity index (χ1v) is 9.86. The third kappa shape index (κ3) is 5.68. The Morgan fingerprint density at radius 2 is 2.32 bits per heavy atom. The van der Waals surface area contributed by atoms with Gasteiger partial charge in [0, 0.05) is 30.6 Å². The van der Waals surface area contributed by atoms with Gasteiger partial charge in [-0.25, -0.2) is 4.98 Å². The average Bonchev–Trinajstić information content (AvgIpc) is 3.19. The van der Waals surface area contributed by atoms with Gasteiger partial charge < -0.3 is 9.73 Å². The fourth-order valence-corrected chi connectivity index (χ4v) is 4.26. The Balaban J connectivity index is 1.37. The molecule has 1 saturated heterocycles. The largest absolute Gasteiger partial charge is 0.465 e. The van der Waals surface area contributed by atoms with Crippen molar-refractivity contribution in [3.8, 4) is 0 Å². The lowest BCUT2D eigenvalue weighted by atomic mass is 9.93. The second-order valence-corrected chi connectivity index (χ2v) is 8.24. The first kappa shape index (κ1) is 18.1. The number of likely N-dealkylation sites (tertiary alicyclic amines) is 1. The molecule has 1 aliphatic heterocycles. The van der Waals surface area contributed by atoms with E-state index in [9.17, 15) is 4.79 Å². The summed E-state index contributed by atoms with van der Waals surface area (Å²) in [6.45, 7) is 7.67. The normalized spacial score (nSPS) is 18.4. The van der Waals surface area contributed by atoms with Crippen LogP contribution < -0.4 is 5.32 Å². The Bertz CT molecular complexity index is 694. The van der Waals surface area contributed by atoms with Crippen LogP contribution in [0.15, 0.2) is 22.7 Å². The lowest BCUT2D eigenvalue weighted by Crippen LogP contribution is -2.35. The molecule has 0 aliphatic carbocycles. The van der Waals surface area contributed by atoms with E-state index in [1.807, 2.05) is 25.3 Å². The maximum atomic E-state index is 12.1. The van der Waals surface area contributed by atoms with Crippen molar-refractivity contribution in [1.29, 1.82) is 0 Å². The molecule has 2 aromatic heterocycles. The molecule has 2 aromatic rings. The van der Waals surface area contributed by atoms with Crippen LogP contribution in [0.5, 0.6) is 0 Å². The Morgan fingerprint density at radius 3 is 3.04 bits per heavy atom. The number of thiazole rings is 1. The lowest BCUT2D eigenvalue weighted by molar-refractivity contribution is -0.121. The molecule has 1 aliphatic rings. The minimum absolute atomic E-state index is 0.115. The zero-order chi connectivity index (χ0) is 17.6. The number of rotatable bonds is 7. The van der Waals surface area contributed by atoms with Crippen LogP contribution in [0.25, 0.3) is 0 Å². The van der Waals surface area contributed by atoms with Gasteiger partial charge in [0.05, 0.1) is 11.6 Å². The SMILES string of the molecule is Cc1ccc(CNC(=O)CCC2CCCN(Cc3cnc(C)s3)C2)o1. The van der Waals surface area contributed by atoms with Gasteiger partial charge in [0.25, 0.3) is 0 Å². The van der Waals surface area contributed by atoms with Crippen molar-refractivity contribution in [3.05, 3.63) is 39.7 Å². The van der Waals surface area contributed by atoms with Gasteiger partial charge in [0.15, 0.2) is 0 Å². The lowest BCUT2D eigenvalue weighted by Gasteiger charge is -2.32. The molecule has 6 heteroatoms. The van der Waals surface area contributed by atoms with Crippen molar-refractivity contribution in [1.82, 2.24) is 15.2 Å². The van der Waals surface area contributed by atoms with Crippen molar-refractivity contribution in [2.24, 2.45) is 5.92 Å². The standard InChI is InChI=1S/C19H27N3O2S/c1-14-5-7-17(24-14)10-21-19(23)8-6-16-4-3-9-22(12-16)13-18-11-20-15(2)25-18/h5,7,11,16H,3-4,6,8-10,12-13H2,1-2H3,(H,21,23). The molecular weight excluding hydrogens is 334 g/mol. The van der Waals surface area contributed by atoms with Gasteiger partial charge in [-0.05, 0) is 57.7 Å². The Kier molecular flexibility index (Phi) is 6.26. The molecule has 5 nitrogen and oxygen atoms in total. The Morgan fingerprint density at radius 1 is 1.44 bits per heavy atom. The summed E-state index contributed by atoms with van der Waals surface area (Å²) < 4.78 is 5.48. The molecule has 1 fully saturated rings. The average molecular weight is 362 g/mol. The highest BCUT2D eigenvalue weighted by atomic mass is 32.1. The topological polar surface area (TPSA) is 58.4 Å². The summed E-state index contributed by atoms with van der Waals surface area (Å²) in [5.74, 6) is 2.42. The van der Waals surface area contributed by atoms with E-state index in [1.54, 1.807) is 11.3 Å². The second-order valence-electron chi connectivity index (χ2n) is 6.92. The fourth-order valence-electron chi connectivity index (χ4n) is 3.42. The number of aromatic nitrogens is 1. The number of piperidine rings is 1. The predicted octanol–water partition coefficient (Wildman–Crippen LogP) is 3.66. The van der Waals surface area contributed by atoms with Crippen LogP contribution >= 0.6 is 11.3 Å². The maximum Gasteiger partial charge on any atom is 0.220 e. The summed E-state index contributed by atoms with van der Waals surface area (Å²) >= 11 is 1.78. The highest BCUT2D eigenvalue weighted by Crippen LogP contribution is 2.23. The van der Waals surface area contributed by atoms with Crippen LogP contribution in [0.1, 0.15) is 47.1 Å². The monoisotopic (exact) mass is 361 g/mol. The summed E-state index contributed by atoms with van der Waals surface area (Å²) in [6, 6.07) is 3.83. The van der Waals surface area contributed by atoms with Crippen LogP contribution in [0.4, 0.5) is 0 Å². The van der Waals surface area contributed by atoms with E-state index in [4.69, 9.17) is 4.42 Å². The summed E-state index contributed by atoms with van der Waals surface area (Å²) in [4.78, 5) is 20.2. The molecule has 3 heterocycles. The molecule has 0 bridgehead atoms. The number of aryl methyl sites for hydroxylation is 2. The minimum Gasteiger partial charge on any atom is -0.465 e. The highest BCUT2D eigenvalue weighted by Gasteiger charge is 2.21. The van der Waals surface area contributed by atoms with E-state index >= 15 is 0 Å². The van der Waals surface area contributed by atoms with Gasteiger partial charge in [-0.2, -0.15) is 0 Å². The van der Waals surface area contributed by atoms with Crippen LogP contribution in [-0.2, 0) is 17.9 Å². The van der Waals surface area contributed by atoms with E-state index in [0.29, 0.717) is 18.9 Å². The molecular formula is C19H27N3O2S. The number of hydrogen-bond acceptors (Lipinski definition) is 5. The molecule has 0 spiro atoms. The number of furan rings is 1. The van der Waals surface area contributed by atoms with E-state index in [-0.39, 0.29) is 5.91 Å². The van der Waals surface area contributed by atoms with Gasteiger partial charge in [-0.3, -0.25) is 9.69 Å². The fraction of sp³-hybridized carbons (Fsp3) is 0.579. The van der Waals surface area contributed by atoms with Crippen molar-refractivity contribution < 1.29 is 9.21 Å². The van der Waals surface area contributed by atoms with E-state index in [0.717, 1.165) is 42.6 Å². The zero-order valence-electron chi connectivity index (χ0n) is 15.1. The molecule has 3 rings (SSSR count). The third-order valence-electron chi connectivity index (χ3n) is 4.69. The highest BCUT2D eigenvalue weighted by molar-refractivity contribution is 7.11. The zero-order valence-corrected chi connectivity index (χ0v) is 15.9. The van der Waals surface area contributed by atoms with Gasteiger partial charge in [-0.15, -0.1) is 11.3 Å². The van der Waals surface area contributed by atoms with Crippen molar-refractivity contribution in [2.75, 3.05) is 13.1 Å². The van der Waals surface area contributed by atoms with Crippen LogP contribution in [0, 0.1) is 19.8 Å². The molecule has 1 atom stereocenters. The molecule has 1 N–H and O–H groups in total. The smallest absolute Gasteiger partial charge is 0.220 e. The Hall–Kier alpha value is -1.66. The molecule has 0 radical (unpaired) electrons. The number of hydrogen-bond donors (Lipinski definition) is 1. The van der Waals surface area contributed by atoms with Gasteiger partial charge in [0.2, 0.25) is 5.91 Å². The van der Waals surface area contributed by atoms with Gasteiger partial charge >= 0.3 is 0 Å². The maximum absolute atomic E-state index is 12.1. The van der Waals surface area contributed by atoms with Gasteiger partial charge in [0.1, 0.15) is 11.5 Å².